The number of benzene rings is 1. The Morgan fingerprint density at radius 1 is 1.14 bits per heavy atom. The van der Waals surface area contributed by atoms with Gasteiger partial charge in [0.2, 0.25) is 11.8 Å². The molecule has 4 heterocycles. The minimum absolute atomic E-state index is 0.130. The van der Waals surface area contributed by atoms with Gasteiger partial charge < -0.3 is 20.5 Å². The molecule has 0 spiro atoms. The molecule has 5 rings (SSSR count). The number of hydrogen-bond acceptors (Lipinski definition) is 5. The maximum absolute atomic E-state index is 13.0. The molecule has 8 nitrogen and oxygen atoms in total. The van der Waals surface area contributed by atoms with Gasteiger partial charge in [-0.15, -0.1) is 0 Å². The molecule has 0 radical (unpaired) electrons. The molecule has 3 N–H and O–H groups in total. The van der Waals surface area contributed by atoms with Crippen LogP contribution in [0.2, 0.25) is 0 Å². The van der Waals surface area contributed by atoms with Crippen molar-refractivity contribution in [1.82, 2.24) is 19.4 Å². The summed E-state index contributed by atoms with van der Waals surface area (Å²) in [4.78, 5) is 35.3. The van der Waals surface area contributed by atoms with E-state index in [2.05, 4.69) is 25.9 Å². The summed E-state index contributed by atoms with van der Waals surface area (Å²) in [5.41, 5.74) is 10.9. The zero-order valence-corrected chi connectivity index (χ0v) is 19.9. The Labute approximate surface area is 203 Å². The molecule has 3 aromatic heterocycles. The third kappa shape index (κ3) is 4.35. The van der Waals surface area contributed by atoms with Gasteiger partial charge in [0.15, 0.2) is 0 Å². The third-order valence-corrected chi connectivity index (χ3v) is 6.90. The van der Waals surface area contributed by atoms with Gasteiger partial charge in [-0.1, -0.05) is 12.1 Å². The first-order chi connectivity index (χ1) is 16.9. The highest BCUT2D eigenvalue weighted by Crippen LogP contribution is 2.32. The van der Waals surface area contributed by atoms with Gasteiger partial charge in [-0.25, -0.2) is 9.97 Å². The molecular formula is C27H28N6O2. The van der Waals surface area contributed by atoms with Gasteiger partial charge in [0, 0.05) is 61.7 Å². The van der Waals surface area contributed by atoms with Crippen molar-refractivity contribution in [3.05, 3.63) is 77.7 Å². The highest BCUT2D eigenvalue weighted by Gasteiger charge is 2.28. The van der Waals surface area contributed by atoms with Crippen LogP contribution in [0, 0.1) is 0 Å². The van der Waals surface area contributed by atoms with E-state index in [0.29, 0.717) is 25.1 Å². The predicted octanol–water partition coefficient (Wildman–Crippen LogP) is 3.68. The minimum Gasteiger partial charge on any atom is -0.373 e. The summed E-state index contributed by atoms with van der Waals surface area (Å²) >= 11 is 0. The second-order valence-electron chi connectivity index (χ2n) is 8.96. The Kier molecular flexibility index (Phi) is 5.94. The van der Waals surface area contributed by atoms with Crippen LogP contribution in [-0.2, 0) is 18.4 Å². The number of amides is 2. The molecule has 1 aromatic carbocycles. The van der Waals surface area contributed by atoms with Gasteiger partial charge in [0.05, 0.1) is 6.54 Å². The predicted molar refractivity (Wildman–Crippen MR) is 136 cm³/mol. The fourth-order valence-electron chi connectivity index (χ4n) is 4.82. The van der Waals surface area contributed by atoms with Gasteiger partial charge in [-0.05, 0) is 59.9 Å². The lowest BCUT2D eigenvalue weighted by Crippen LogP contribution is -2.38. The number of primary amides is 1. The van der Waals surface area contributed by atoms with Crippen molar-refractivity contribution in [2.75, 3.05) is 18.9 Å². The van der Waals surface area contributed by atoms with Gasteiger partial charge in [0.25, 0.3) is 0 Å². The van der Waals surface area contributed by atoms with E-state index in [9.17, 15) is 9.59 Å². The fraction of sp³-hybridized carbons (Fsp3) is 0.259. The second kappa shape index (κ2) is 9.21. The number of hydrogen-bond donors (Lipinski definition) is 2. The van der Waals surface area contributed by atoms with E-state index in [1.165, 1.54) is 0 Å². The number of likely N-dealkylation sites (tertiary alicyclic amines) is 1. The van der Waals surface area contributed by atoms with E-state index in [-0.39, 0.29) is 11.8 Å². The van der Waals surface area contributed by atoms with Gasteiger partial charge in [-0.2, -0.15) is 0 Å². The number of aryl methyl sites for hydroxylation is 1. The summed E-state index contributed by atoms with van der Waals surface area (Å²) in [5, 5.41) is 4.08. The molecule has 1 aliphatic heterocycles. The van der Waals surface area contributed by atoms with Crippen LogP contribution in [0.1, 0.15) is 40.4 Å². The van der Waals surface area contributed by atoms with Crippen LogP contribution in [0.25, 0.3) is 22.2 Å². The Balaban J connectivity index is 1.34. The maximum Gasteiger partial charge on any atom is 0.248 e. The Hall–Kier alpha value is -4.20. The van der Waals surface area contributed by atoms with Gasteiger partial charge in [0.1, 0.15) is 11.5 Å². The first-order valence-corrected chi connectivity index (χ1v) is 11.7. The SMILES string of the molecule is CNc1ccc(-c2ccnc3c2cc(CN2CCC(c4ccc(C(N)=O)cc4)CC2=O)n3C)cn1. The van der Waals surface area contributed by atoms with E-state index < -0.39 is 5.91 Å². The lowest BCUT2D eigenvalue weighted by molar-refractivity contribution is -0.134. The minimum atomic E-state index is -0.443. The summed E-state index contributed by atoms with van der Waals surface area (Å²) in [6.45, 7) is 1.22. The molecule has 1 unspecified atom stereocenters. The van der Waals surface area contributed by atoms with E-state index in [0.717, 1.165) is 45.7 Å². The number of nitrogens with zero attached hydrogens (tertiary/aromatic N) is 4. The smallest absolute Gasteiger partial charge is 0.248 e. The highest BCUT2D eigenvalue weighted by atomic mass is 16.2. The van der Waals surface area contributed by atoms with Gasteiger partial charge >= 0.3 is 0 Å². The first-order valence-electron chi connectivity index (χ1n) is 11.7. The van der Waals surface area contributed by atoms with E-state index in [1.54, 1.807) is 12.1 Å². The average molecular weight is 469 g/mol. The average Bonchev–Trinajstić information content (AvgIpc) is 3.20. The van der Waals surface area contributed by atoms with E-state index in [1.807, 2.05) is 61.7 Å². The monoisotopic (exact) mass is 468 g/mol. The van der Waals surface area contributed by atoms with Crippen LogP contribution in [-0.4, -0.2) is 44.8 Å². The van der Waals surface area contributed by atoms with Crippen molar-refractivity contribution in [2.24, 2.45) is 12.8 Å². The molecule has 8 heteroatoms. The van der Waals surface area contributed by atoms with E-state index in [4.69, 9.17) is 5.73 Å². The van der Waals surface area contributed by atoms with Crippen LogP contribution < -0.4 is 11.1 Å². The van der Waals surface area contributed by atoms with Crippen LogP contribution >= 0.6 is 0 Å². The van der Waals surface area contributed by atoms with Gasteiger partial charge in [-0.3, -0.25) is 9.59 Å². The number of fused-ring (bicyclic) bond motifs is 1. The van der Waals surface area contributed by atoms with Crippen molar-refractivity contribution in [1.29, 1.82) is 0 Å². The lowest BCUT2D eigenvalue weighted by Gasteiger charge is -2.32. The van der Waals surface area contributed by atoms with Crippen molar-refractivity contribution in [2.45, 2.75) is 25.3 Å². The largest absolute Gasteiger partial charge is 0.373 e. The van der Waals surface area contributed by atoms with Crippen molar-refractivity contribution in [3.8, 4) is 11.1 Å². The van der Waals surface area contributed by atoms with Crippen molar-refractivity contribution < 1.29 is 9.59 Å². The highest BCUT2D eigenvalue weighted by molar-refractivity contribution is 5.94. The van der Waals surface area contributed by atoms with Crippen LogP contribution in [0.4, 0.5) is 5.82 Å². The molecule has 1 aliphatic rings. The number of nitrogens with two attached hydrogens (primary N) is 1. The zero-order valence-electron chi connectivity index (χ0n) is 19.9. The lowest BCUT2D eigenvalue weighted by atomic mass is 9.88. The first kappa shape index (κ1) is 22.6. The molecule has 0 aliphatic carbocycles. The summed E-state index contributed by atoms with van der Waals surface area (Å²) < 4.78 is 2.07. The van der Waals surface area contributed by atoms with Crippen LogP contribution in [0.15, 0.2) is 60.9 Å². The van der Waals surface area contributed by atoms with Crippen molar-refractivity contribution in [3.63, 3.8) is 0 Å². The van der Waals surface area contributed by atoms with Crippen LogP contribution in [0.3, 0.4) is 0 Å². The molecule has 1 saturated heterocycles. The molecule has 2 amide bonds. The molecule has 178 valence electrons. The number of rotatable bonds is 6. The summed E-state index contributed by atoms with van der Waals surface area (Å²) in [6.07, 6.45) is 5.00. The summed E-state index contributed by atoms with van der Waals surface area (Å²) in [6, 6.07) is 15.4. The molecule has 35 heavy (non-hydrogen) atoms. The Morgan fingerprint density at radius 3 is 2.60 bits per heavy atom. The normalized spacial score (nSPS) is 16.0. The van der Waals surface area contributed by atoms with E-state index >= 15 is 0 Å². The number of anilines is 1. The second-order valence-corrected chi connectivity index (χ2v) is 8.96. The third-order valence-electron chi connectivity index (χ3n) is 6.90. The summed E-state index contributed by atoms with van der Waals surface area (Å²) in [5.74, 6) is 0.653. The molecule has 4 aromatic rings. The zero-order chi connectivity index (χ0) is 24.5. The number of carbonyl (C=O) groups excluding carboxylic acids is 2. The van der Waals surface area contributed by atoms with Crippen molar-refractivity contribution >= 4 is 28.7 Å². The Morgan fingerprint density at radius 2 is 1.94 bits per heavy atom. The molecule has 0 saturated carbocycles. The number of piperidine rings is 1. The number of carbonyl (C=O) groups is 2. The Bertz CT molecular complexity index is 1390. The molecule has 0 bridgehead atoms. The fourth-order valence-corrected chi connectivity index (χ4v) is 4.82. The topological polar surface area (TPSA) is 106 Å². The summed E-state index contributed by atoms with van der Waals surface area (Å²) in [7, 11) is 3.84. The maximum atomic E-state index is 13.0. The molecule has 1 atom stereocenters. The number of nitrogens with one attached hydrogen (secondary N) is 1. The standard InChI is InChI=1S/C27H28N6O2/c1-29-24-8-7-20(15-31-24)22-9-11-30-27-23(22)14-21(32(27)2)16-33-12-10-19(13-25(33)34)17-3-5-18(6-4-17)26(28)35/h3-9,11,14-15,19H,10,12-13,16H2,1-2H3,(H2,28,35)(H,29,31). The number of aromatic nitrogens is 3. The molecule has 1 fully saturated rings. The molecular weight excluding hydrogens is 440 g/mol. The van der Waals surface area contributed by atoms with Crippen LogP contribution in [0.5, 0.6) is 0 Å². The number of pyridine rings is 2. The quantitative estimate of drug-likeness (QED) is 0.449.